The molecule has 1 aromatic rings. The Morgan fingerprint density at radius 3 is 2.57 bits per heavy atom. The summed E-state index contributed by atoms with van der Waals surface area (Å²) >= 11 is 0. The van der Waals surface area contributed by atoms with Gasteiger partial charge in [-0.05, 0) is 43.7 Å². The van der Waals surface area contributed by atoms with Crippen molar-refractivity contribution in [1.82, 2.24) is 4.90 Å². The van der Waals surface area contributed by atoms with E-state index in [0.29, 0.717) is 30.6 Å². The van der Waals surface area contributed by atoms with Crippen LogP contribution < -0.4 is 5.32 Å². The van der Waals surface area contributed by atoms with Crippen molar-refractivity contribution < 1.29 is 19.5 Å². The first-order valence-corrected chi connectivity index (χ1v) is 7.95. The van der Waals surface area contributed by atoms with Crippen molar-refractivity contribution in [2.24, 2.45) is 11.8 Å². The number of amides is 2. The van der Waals surface area contributed by atoms with Crippen molar-refractivity contribution in [1.29, 1.82) is 0 Å². The second kappa shape index (κ2) is 6.40. The lowest BCUT2D eigenvalue weighted by molar-refractivity contribution is -0.143. The average Bonchev–Trinajstić information content (AvgIpc) is 2.65. The molecule has 2 N–H and O–H groups in total. The molecule has 0 spiro atoms. The number of fused-ring (bicyclic) bond motifs is 1. The van der Waals surface area contributed by atoms with Crippen LogP contribution in [-0.2, 0) is 9.59 Å². The first-order chi connectivity index (χ1) is 11.0. The molecule has 6 nitrogen and oxygen atoms in total. The number of aliphatic carboxylic acids is 1. The largest absolute Gasteiger partial charge is 0.481 e. The molecule has 122 valence electrons. The average molecular weight is 316 g/mol. The summed E-state index contributed by atoms with van der Waals surface area (Å²) in [6.45, 7) is 0.555. The highest BCUT2D eigenvalue weighted by molar-refractivity contribution is 6.08. The molecule has 0 unspecified atom stereocenters. The zero-order valence-corrected chi connectivity index (χ0v) is 12.8. The van der Waals surface area contributed by atoms with Crippen LogP contribution in [0.4, 0.5) is 5.69 Å². The fourth-order valence-corrected chi connectivity index (χ4v) is 3.43. The van der Waals surface area contributed by atoms with Crippen molar-refractivity contribution in [3.8, 4) is 0 Å². The predicted octanol–water partition coefficient (Wildman–Crippen LogP) is 1.97. The summed E-state index contributed by atoms with van der Waals surface area (Å²) < 4.78 is 0. The normalized spacial score (nSPS) is 24.6. The lowest BCUT2D eigenvalue weighted by atomic mass is 9.82. The molecule has 23 heavy (non-hydrogen) atoms. The molecule has 6 heteroatoms. The fourth-order valence-electron chi connectivity index (χ4n) is 3.43. The summed E-state index contributed by atoms with van der Waals surface area (Å²) in [6.07, 6.45) is 2.85. The Morgan fingerprint density at radius 2 is 1.87 bits per heavy atom. The van der Waals surface area contributed by atoms with E-state index in [1.807, 2.05) is 0 Å². The number of carboxylic acid groups (broad SMARTS) is 1. The van der Waals surface area contributed by atoms with Gasteiger partial charge in [0.1, 0.15) is 6.54 Å². The molecule has 1 saturated carbocycles. The van der Waals surface area contributed by atoms with Gasteiger partial charge < -0.3 is 15.3 Å². The van der Waals surface area contributed by atoms with Gasteiger partial charge >= 0.3 is 5.97 Å². The third kappa shape index (κ3) is 3.36. The van der Waals surface area contributed by atoms with E-state index >= 15 is 0 Å². The predicted molar refractivity (Wildman–Crippen MR) is 84.1 cm³/mol. The maximum atomic E-state index is 12.7. The van der Waals surface area contributed by atoms with Gasteiger partial charge in [0, 0.05) is 6.54 Å². The quantitative estimate of drug-likeness (QED) is 0.892. The van der Waals surface area contributed by atoms with Crippen LogP contribution in [0.3, 0.4) is 0 Å². The highest BCUT2D eigenvalue weighted by Crippen LogP contribution is 2.30. The Kier molecular flexibility index (Phi) is 4.32. The molecule has 0 radical (unpaired) electrons. The minimum atomic E-state index is -0.734. The monoisotopic (exact) mass is 316 g/mol. The van der Waals surface area contributed by atoms with Crippen LogP contribution in [0.2, 0.25) is 0 Å². The van der Waals surface area contributed by atoms with Gasteiger partial charge in [0.15, 0.2) is 0 Å². The van der Waals surface area contributed by atoms with E-state index < -0.39 is 5.97 Å². The topological polar surface area (TPSA) is 86.7 Å². The minimum Gasteiger partial charge on any atom is -0.481 e. The van der Waals surface area contributed by atoms with Crippen LogP contribution in [0.15, 0.2) is 24.3 Å². The number of anilines is 1. The molecule has 0 saturated heterocycles. The van der Waals surface area contributed by atoms with E-state index in [1.165, 1.54) is 0 Å². The molecule has 1 aromatic carbocycles. The number of carbonyl (C=O) groups excluding carboxylic acids is 2. The molecule has 1 aliphatic carbocycles. The van der Waals surface area contributed by atoms with Crippen molar-refractivity contribution in [2.45, 2.75) is 25.7 Å². The third-order valence-electron chi connectivity index (χ3n) is 4.73. The Labute approximate surface area is 134 Å². The molecule has 1 fully saturated rings. The van der Waals surface area contributed by atoms with Crippen LogP contribution >= 0.6 is 0 Å². The molecule has 0 aromatic heterocycles. The summed E-state index contributed by atoms with van der Waals surface area (Å²) in [5, 5.41) is 11.8. The SMILES string of the molecule is O=C1CN(C[C@H]2CC[C@H](C(=O)O)CC2)C(=O)c2ccccc2N1. The number of nitrogens with one attached hydrogen (secondary N) is 1. The lowest BCUT2D eigenvalue weighted by Crippen LogP contribution is -2.39. The number of benzene rings is 1. The zero-order valence-electron chi connectivity index (χ0n) is 12.8. The van der Waals surface area contributed by atoms with E-state index in [9.17, 15) is 14.4 Å². The summed E-state index contributed by atoms with van der Waals surface area (Å²) in [6, 6.07) is 7.02. The first-order valence-electron chi connectivity index (χ1n) is 7.95. The standard InChI is InChI=1S/C17H20N2O4/c20-15-10-19(9-11-5-7-12(8-6-11)17(22)23)16(21)13-3-1-2-4-14(13)18-15/h1-4,11-12H,5-10H2,(H,18,20)(H,22,23)/t11-,12-. The number of rotatable bonds is 3. The van der Waals surface area contributed by atoms with Gasteiger partial charge in [0.25, 0.3) is 5.91 Å². The molecular formula is C17H20N2O4. The minimum absolute atomic E-state index is 0.0480. The van der Waals surface area contributed by atoms with Gasteiger partial charge in [-0.3, -0.25) is 14.4 Å². The second-order valence-electron chi connectivity index (χ2n) is 6.34. The number of carbonyl (C=O) groups is 3. The molecule has 1 heterocycles. The first kappa shape index (κ1) is 15.5. The number of para-hydroxylation sites is 1. The Bertz CT molecular complexity index is 635. The molecule has 0 bridgehead atoms. The molecular weight excluding hydrogens is 296 g/mol. The maximum absolute atomic E-state index is 12.7. The number of hydrogen-bond donors (Lipinski definition) is 2. The van der Waals surface area contributed by atoms with E-state index in [4.69, 9.17) is 5.11 Å². The van der Waals surface area contributed by atoms with Crippen molar-refractivity contribution in [3.63, 3.8) is 0 Å². The van der Waals surface area contributed by atoms with Gasteiger partial charge in [0.2, 0.25) is 5.91 Å². The Hall–Kier alpha value is -2.37. The summed E-state index contributed by atoms with van der Waals surface area (Å²) in [4.78, 5) is 37.3. The van der Waals surface area contributed by atoms with Crippen molar-refractivity contribution in [3.05, 3.63) is 29.8 Å². The third-order valence-corrected chi connectivity index (χ3v) is 4.73. The van der Waals surface area contributed by atoms with Gasteiger partial charge in [-0.25, -0.2) is 0 Å². The fraction of sp³-hybridized carbons (Fsp3) is 0.471. The van der Waals surface area contributed by atoms with Crippen molar-refractivity contribution in [2.75, 3.05) is 18.4 Å². The van der Waals surface area contributed by atoms with Gasteiger partial charge in [-0.2, -0.15) is 0 Å². The van der Waals surface area contributed by atoms with Crippen LogP contribution in [0.1, 0.15) is 36.0 Å². The number of carboxylic acids is 1. The molecule has 0 atom stereocenters. The van der Waals surface area contributed by atoms with Crippen LogP contribution in [0, 0.1) is 11.8 Å². The summed E-state index contributed by atoms with van der Waals surface area (Å²) in [7, 11) is 0. The van der Waals surface area contributed by atoms with Crippen molar-refractivity contribution >= 4 is 23.5 Å². The van der Waals surface area contributed by atoms with E-state index in [0.717, 1.165) is 12.8 Å². The van der Waals surface area contributed by atoms with E-state index in [2.05, 4.69) is 5.32 Å². The smallest absolute Gasteiger partial charge is 0.306 e. The summed E-state index contributed by atoms with van der Waals surface area (Å²) in [5.74, 6) is -1.08. The highest BCUT2D eigenvalue weighted by Gasteiger charge is 2.31. The number of nitrogens with zero attached hydrogens (tertiary/aromatic N) is 1. The summed E-state index contributed by atoms with van der Waals surface area (Å²) in [5.41, 5.74) is 1.07. The highest BCUT2D eigenvalue weighted by atomic mass is 16.4. The maximum Gasteiger partial charge on any atom is 0.306 e. The second-order valence-corrected chi connectivity index (χ2v) is 6.34. The van der Waals surface area contributed by atoms with Gasteiger partial charge in [0.05, 0.1) is 17.2 Å². The van der Waals surface area contributed by atoms with Crippen LogP contribution in [0.25, 0.3) is 0 Å². The van der Waals surface area contributed by atoms with Gasteiger partial charge in [-0.1, -0.05) is 12.1 Å². The lowest BCUT2D eigenvalue weighted by Gasteiger charge is -2.30. The molecule has 2 aliphatic rings. The molecule has 1 aliphatic heterocycles. The molecule has 2 amide bonds. The van der Waals surface area contributed by atoms with Gasteiger partial charge in [-0.15, -0.1) is 0 Å². The Balaban J connectivity index is 1.70. The zero-order chi connectivity index (χ0) is 16.4. The van der Waals surface area contributed by atoms with E-state index in [1.54, 1.807) is 29.2 Å². The van der Waals surface area contributed by atoms with E-state index in [-0.39, 0.29) is 30.2 Å². The Morgan fingerprint density at radius 1 is 1.17 bits per heavy atom. The number of hydrogen-bond acceptors (Lipinski definition) is 3. The van der Waals surface area contributed by atoms with Crippen LogP contribution in [0.5, 0.6) is 0 Å². The van der Waals surface area contributed by atoms with Crippen LogP contribution in [-0.4, -0.2) is 40.9 Å². The molecule has 3 rings (SSSR count).